The summed E-state index contributed by atoms with van der Waals surface area (Å²) in [4.78, 5) is 24.6. The normalized spacial score (nSPS) is 18.8. The van der Waals surface area contributed by atoms with Gasteiger partial charge >= 0.3 is 6.18 Å². The van der Waals surface area contributed by atoms with E-state index >= 15 is 0 Å². The Morgan fingerprint density at radius 2 is 1.97 bits per heavy atom. The summed E-state index contributed by atoms with van der Waals surface area (Å²) in [5.74, 6) is -1.43. The molecule has 2 aromatic carbocycles. The molecule has 1 atom stereocenters. The molecule has 0 radical (unpaired) electrons. The molecule has 7 nitrogen and oxygen atoms in total. The number of alkyl halides is 3. The van der Waals surface area contributed by atoms with E-state index < -0.39 is 29.6 Å². The Morgan fingerprint density at radius 3 is 2.61 bits per heavy atom. The molecule has 12 heteroatoms. The molecule has 2 heterocycles. The van der Waals surface area contributed by atoms with E-state index in [-0.39, 0.29) is 41.0 Å². The fourth-order valence-corrected chi connectivity index (χ4v) is 3.81. The third-order valence-corrected chi connectivity index (χ3v) is 5.60. The van der Waals surface area contributed by atoms with E-state index in [0.717, 1.165) is 41.8 Å². The van der Waals surface area contributed by atoms with E-state index in [1.54, 1.807) is 0 Å². The van der Waals surface area contributed by atoms with Crippen molar-refractivity contribution in [3.05, 3.63) is 58.4 Å². The van der Waals surface area contributed by atoms with Crippen molar-refractivity contribution in [2.75, 3.05) is 23.2 Å². The second kappa shape index (κ2) is 9.16. The lowest BCUT2D eigenvalue weighted by Gasteiger charge is -2.23. The van der Waals surface area contributed by atoms with Crippen LogP contribution in [0, 0.1) is 5.82 Å². The van der Waals surface area contributed by atoms with Crippen LogP contribution in [0.1, 0.15) is 24.0 Å². The largest absolute Gasteiger partial charge is 0.416 e. The van der Waals surface area contributed by atoms with Crippen molar-refractivity contribution in [2.45, 2.75) is 31.7 Å². The van der Waals surface area contributed by atoms with Crippen LogP contribution in [0.5, 0.6) is 0 Å². The molecule has 0 spiro atoms. The Hall–Kier alpha value is -2.89. The first-order valence-electron chi connectivity index (χ1n) is 10.0. The summed E-state index contributed by atoms with van der Waals surface area (Å²) in [6, 6.07) is 6.52. The highest BCUT2D eigenvalue weighted by atomic mass is 35.5. The third-order valence-electron chi connectivity index (χ3n) is 5.30. The lowest BCUT2D eigenvalue weighted by Crippen LogP contribution is -2.41. The lowest BCUT2D eigenvalue weighted by atomic mass is 10.1. The Labute approximate surface area is 191 Å². The van der Waals surface area contributed by atoms with Crippen molar-refractivity contribution in [3.8, 4) is 0 Å². The highest BCUT2D eigenvalue weighted by Crippen LogP contribution is 2.33. The van der Waals surface area contributed by atoms with Crippen LogP contribution in [-0.2, 0) is 27.0 Å². The number of halogens is 5. The van der Waals surface area contributed by atoms with Crippen molar-refractivity contribution in [1.29, 1.82) is 0 Å². The molecular formula is C21H19ClF4N4O3. The van der Waals surface area contributed by atoms with Crippen LogP contribution in [0.25, 0.3) is 0 Å². The van der Waals surface area contributed by atoms with E-state index in [2.05, 4.69) is 10.9 Å². The zero-order valence-corrected chi connectivity index (χ0v) is 17.8. The average molecular weight is 487 g/mol. The number of carbonyl (C=O) groups excluding carboxylic acids is 2. The van der Waals surface area contributed by atoms with Crippen molar-refractivity contribution in [3.63, 3.8) is 0 Å². The summed E-state index contributed by atoms with van der Waals surface area (Å²) >= 11 is 6.18. The molecule has 33 heavy (non-hydrogen) atoms. The van der Waals surface area contributed by atoms with Crippen LogP contribution in [0.4, 0.5) is 28.9 Å². The number of nitrogens with one attached hydrogen (secondary N) is 2. The molecule has 0 unspecified atom stereocenters. The summed E-state index contributed by atoms with van der Waals surface area (Å²) in [7, 11) is 0. The van der Waals surface area contributed by atoms with Gasteiger partial charge in [-0.15, -0.1) is 5.53 Å². The zero-order chi connectivity index (χ0) is 23.8. The van der Waals surface area contributed by atoms with Gasteiger partial charge in [0.1, 0.15) is 18.5 Å². The van der Waals surface area contributed by atoms with Gasteiger partial charge in [0.05, 0.1) is 22.0 Å². The van der Waals surface area contributed by atoms with Gasteiger partial charge in [-0.2, -0.15) is 13.2 Å². The fourth-order valence-electron chi connectivity index (χ4n) is 3.56. The van der Waals surface area contributed by atoms with Crippen LogP contribution in [-0.4, -0.2) is 31.1 Å². The maximum Gasteiger partial charge on any atom is 0.416 e. The molecule has 2 aromatic rings. The Morgan fingerprint density at radius 1 is 1.24 bits per heavy atom. The van der Waals surface area contributed by atoms with Crippen molar-refractivity contribution in [1.82, 2.24) is 10.9 Å². The van der Waals surface area contributed by atoms with E-state index in [1.807, 2.05) is 0 Å². The highest BCUT2D eigenvalue weighted by Gasteiger charge is 2.33. The van der Waals surface area contributed by atoms with E-state index in [9.17, 15) is 27.2 Å². The average Bonchev–Trinajstić information content (AvgIpc) is 3.42. The molecule has 0 aromatic heterocycles. The van der Waals surface area contributed by atoms with Gasteiger partial charge in [0.25, 0.3) is 5.91 Å². The molecule has 2 N–H and O–H groups in total. The van der Waals surface area contributed by atoms with Crippen molar-refractivity contribution in [2.24, 2.45) is 0 Å². The summed E-state index contributed by atoms with van der Waals surface area (Å²) in [5, 5.41) is 5.04. The number of hydrazine groups is 2. The molecule has 0 bridgehead atoms. The summed E-state index contributed by atoms with van der Waals surface area (Å²) < 4.78 is 58.1. The molecule has 0 saturated carbocycles. The Balaban J connectivity index is 1.48. The number of carbonyl (C=O) groups is 2. The third kappa shape index (κ3) is 5.05. The number of hydrogen-bond acceptors (Lipinski definition) is 5. The summed E-state index contributed by atoms with van der Waals surface area (Å²) in [6.07, 6.45) is -3.68. The van der Waals surface area contributed by atoms with Gasteiger partial charge in [-0.1, -0.05) is 11.6 Å². The second-order valence-electron chi connectivity index (χ2n) is 7.57. The minimum atomic E-state index is -4.50. The molecule has 2 aliphatic rings. The van der Waals surface area contributed by atoms with Gasteiger partial charge in [0.15, 0.2) is 0 Å². The van der Waals surface area contributed by atoms with Crippen LogP contribution in [0.3, 0.4) is 0 Å². The molecule has 2 aliphatic heterocycles. The van der Waals surface area contributed by atoms with Gasteiger partial charge < -0.3 is 10.1 Å². The maximum absolute atomic E-state index is 14.4. The lowest BCUT2D eigenvalue weighted by molar-refractivity contribution is -0.137. The first kappa shape index (κ1) is 23.3. The topological polar surface area (TPSA) is 73.9 Å². The maximum atomic E-state index is 14.4. The van der Waals surface area contributed by atoms with E-state index in [1.165, 1.54) is 11.1 Å². The number of hydrogen-bond donors (Lipinski definition) is 2. The first-order valence-corrected chi connectivity index (χ1v) is 10.4. The standard InChI is InChI=1S/C21H19ClF4N4O3/c22-15-9-16(23)12(10-27-20(32)18-2-1-7-33-18)8-17(15)29-11-19(31)30(28-29)14-5-3-13(4-6-14)21(24,25)26/h3-6,8-9,18,28H,1-2,7,10-11H2,(H,27,32)/t18-/m1/s1. The van der Waals surface area contributed by atoms with Gasteiger partial charge in [-0.05, 0) is 49.2 Å². The molecule has 176 valence electrons. The minimum Gasteiger partial charge on any atom is -0.368 e. The predicted octanol–water partition coefficient (Wildman–Crippen LogP) is 3.57. The van der Waals surface area contributed by atoms with Crippen LogP contribution in [0.15, 0.2) is 36.4 Å². The number of ether oxygens (including phenoxy) is 1. The van der Waals surface area contributed by atoms with Crippen LogP contribution >= 0.6 is 11.6 Å². The van der Waals surface area contributed by atoms with Crippen LogP contribution < -0.4 is 20.9 Å². The number of anilines is 2. The highest BCUT2D eigenvalue weighted by molar-refractivity contribution is 6.33. The molecule has 2 amide bonds. The molecule has 0 aliphatic carbocycles. The van der Waals surface area contributed by atoms with E-state index in [4.69, 9.17) is 16.3 Å². The zero-order valence-electron chi connectivity index (χ0n) is 17.1. The monoisotopic (exact) mass is 486 g/mol. The Kier molecular flexibility index (Phi) is 6.46. The molecular weight excluding hydrogens is 468 g/mol. The van der Waals surface area contributed by atoms with Crippen molar-refractivity contribution < 1.29 is 31.9 Å². The minimum absolute atomic E-state index is 0.0104. The predicted molar refractivity (Wildman–Crippen MR) is 112 cm³/mol. The van der Waals surface area contributed by atoms with E-state index in [0.29, 0.717) is 13.0 Å². The first-order chi connectivity index (χ1) is 15.6. The smallest absolute Gasteiger partial charge is 0.368 e. The van der Waals surface area contributed by atoms with Crippen molar-refractivity contribution >= 4 is 34.8 Å². The number of rotatable bonds is 5. The second-order valence-corrected chi connectivity index (χ2v) is 7.98. The number of nitrogens with zero attached hydrogens (tertiary/aromatic N) is 2. The van der Waals surface area contributed by atoms with Gasteiger partial charge in [-0.3, -0.25) is 14.6 Å². The fraction of sp³-hybridized carbons (Fsp3) is 0.333. The van der Waals surface area contributed by atoms with Crippen LogP contribution in [0.2, 0.25) is 5.02 Å². The quantitative estimate of drug-likeness (QED) is 0.632. The molecule has 4 rings (SSSR count). The summed E-state index contributed by atoms with van der Waals surface area (Å²) in [6.45, 7) is 0.189. The van der Waals surface area contributed by atoms with Gasteiger partial charge in [0.2, 0.25) is 5.91 Å². The van der Waals surface area contributed by atoms with Gasteiger partial charge in [-0.25, -0.2) is 9.40 Å². The molecule has 2 fully saturated rings. The Bertz CT molecular complexity index is 1060. The summed E-state index contributed by atoms with van der Waals surface area (Å²) in [5.41, 5.74) is 2.51. The number of amides is 2. The van der Waals surface area contributed by atoms with Gasteiger partial charge in [0, 0.05) is 18.7 Å². The SMILES string of the molecule is O=C(NCc1cc(N2CC(=O)N(c3ccc(C(F)(F)F)cc3)N2)c(Cl)cc1F)[C@H]1CCCO1. The molecule has 2 saturated heterocycles. The number of benzene rings is 2.